The minimum Gasteiger partial charge on any atom is -0.462 e. The third-order valence-electron chi connectivity index (χ3n) is 4.89. The highest BCUT2D eigenvalue weighted by molar-refractivity contribution is 5.99. The molecule has 1 unspecified atom stereocenters. The maximum Gasteiger partial charge on any atom is 0.338 e. The molecule has 2 N–H and O–H groups in total. The summed E-state index contributed by atoms with van der Waals surface area (Å²) < 4.78 is 5.08. The van der Waals surface area contributed by atoms with E-state index >= 15 is 0 Å². The van der Waals surface area contributed by atoms with Crippen molar-refractivity contribution in [3.05, 3.63) is 41.5 Å². The van der Waals surface area contributed by atoms with E-state index < -0.39 is 0 Å². The minimum absolute atomic E-state index is 0.0466. The van der Waals surface area contributed by atoms with Crippen LogP contribution >= 0.6 is 0 Å². The van der Waals surface area contributed by atoms with Crippen molar-refractivity contribution in [2.45, 2.75) is 39.2 Å². The summed E-state index contributed by atoms with van der Waals surface area (Å²) in [4.78, 5) is 11.9. The van der Waals surface area contributed by atoms with Gasteiger partial charge >= 0.3 is 5.97 Å². The first kappa shape index (κ1) is 14.9. The topological polar surface area (TPSA) is 55.6 Å². The first-order valence-electron chi connectivity index (χ1n) is 7.66. The van der Waals surface area contributed by atoms with Crippen LogP contribution in [0.15, 0.2) is 30.3 Å². The summed E-state index contributed by atoms with van der Waals surface area (Å²) >= 11 is 0. The number of anilines is 1. The maximum absolute atomic E-state index is 11.9. The Bertz CT molecular complexity index is 752. The first-order chi connectivity index (χ1) is 10.4. The second-order valence-electron chi connectivity index (χ2n) is 6.42. The average Bonchev–Trinajstić information content (AvgIpc) is 2.68. The third-order valence-corrected chi connectivity index (χ3v) is 4.89. The average molecular weight is 298 g/mol. The van der Waals surface area contributed by atoms with Crippen LogP contribution in [-0.2, 0) is 10.2 Å². The van der Waals surface area contributed by atoms with Gasteiger partial charge in [0, 0.05) is 5.41 Å². The van der Waals surface area contributed by atoms with E-state index in [1.807, 2.05) is 42.3 Å². The summed E-state index contributed by atoms with van der Waals surface area (Å²) in [5.41, 5.74) is 2.85. The van der Waals surface area contributed by atoms with Crippen molar-refractivity contribution in [1.29, 1.82) is 0 Å². The Balaban J connectivity index is 2.19. The highest BCUT2D eigenvalue weighted by atomic mass is 16.5. The molecule has 0 radical (unpaired) electrons. The Morgan fingerprint density at radius 1 is 1.32 bits per heavy atom. The van der Waals surface area contributed by atoms with E-state index in [1.54, 1.807) is 0 Å². The number of esters is 1. The van der Waals surface area contributed by atoms with E-state index in [0.717, 1.165) is 16.5 Å². The Kier molecular flexibility index (Phi) is 3.37. The van der Waals surface area contributed by atoms with Crippen LogP contribution in [0.5, 0.6) is 0 Å². The smallest absolute Gasteiger partial charge is 0.338 e. The van der Waals surface area contributed by atoms with Gasteiger partial charge in [0.2, 0.25) is 0 Å². The Morgan fingerprint density at radius 3 is 2.73 bits per heavy atom. The van der Waals surface area contributed by atoms with Gasteiger partial charge in [-0.05, 0) is 48.4 Å². The zero-order valence-electron chi connectivity index (χ0n) is 13.5. The lowest BCUT2D eigenvalue weighted by Gasteiger charge is -2.28. The minimum atomic E-state index is -0.280. The molecule has 4 heteroatoms. The van der Waals surface area contributed by atoms with E-state index in [1.165, 1.54) is 5.56 Å². The molecule has 1 heterocycles. The van der Waals surface area contributed by atoms with Crippen LogP contribution < -0.4 is 10.9 Å². The fraction of sp³-hybridized carbons (Fsp3) is 0.389. The van der Waals surface area contributed by atoms with Gasteiger partial charge in [-0.15, -0.1) is 0 Å². The van der Waals surface area contributed by atoms with Crippen molar-refractivity contribution in [3.8, 4) is 0 Å². The second-order valence-corrected chi connectivity index (χ2v) is 6.42. The molecule has 1 aliphatic rings. The standard InChI is InChI=1S/C18H22N2O2/c1-5-22-17(21)13-6-8-14-12(10-13)7-9-15-16(14)18(3,4)11(2)20(15)19/h6-11H,5,19H2,1-4H3. The lowest BCUT2D eigenvalue weighted by atomic mass is 9.79. The molecule has 0 saturated heterocycles. The van der Waals surface area contributed by atoms with Crippen LogP contribution in [0.4, 0.5) is 5.69 Å². The predicted molar refractivity (Wildman–Crippen MR) is 89.1 cm³/mol. The summed E-state index contributed by atoms with van der Waals surface area (Å²) in [5.74, 6) is 5.95. The van der Waals surface area contributed by atoms with Gasteiger partial charge < -0.3 is 9.75 Å². The Morgan fingerprint density at radius 2 is 2.05 bits per heavy atom. The van der Waals surface area contributed by atoms with Crippen molar-refractivity contribution in [3.63, 3.8) is 0 Å². The van der Waals surface area contributed by atoms with E-state index in [4.69, 9.17) is 10.6 Å². The van der Waals surface area contributed by atoms with Crippen molar-refractivity contribution in [2.75, 3.05) is 11.6 Å². The molecule has 4 nitrogen and oxygen atoms in total. The number of hydrogen-bond donors (Lipinski definition) is 1. The SMILES string of the molecule is CCOC(=O)c1ccc2c3c(ccc2c1)N(N)C(C)C3(C)C. The Hall–Kier alpha value is -2.07. The number of nitrogens with zero attached hydrogens (tertiary/aromatic N) is 1. The number of carbonyl (C=O) groups is 1. The first-order valence-corrected chi connectivity index (χ1v) is 7.66. The van der Waals surface area contributed by atoms with Crippen LogP contribution in [0.25, 0.3) is 10.8 Å². The molecule has 0 fully saturated rings. The highest BCUT2D eigenvalue weighted by Gasteiger charge is 2.41. The molecule has 2 aromatic rings. The normalized spacial score (nSPS) is 19.3. The highest BCUT2D eigenvalue weighted by Crippen LogP contribution is 2.46. The van der Waals surface area contributed by atoms with Crippen molar-refractivity contribution in [2.24, 2.45) is 5.84 Å². The van der Waals surface area contributed by atoms with Crippen molar-refractivity contribution >= 4 is 22.4 Å². The van der Waals surface area contributed by atoms with Gasteiger partial charge in [-0.3, -0.25) is 0 Å². The van der Waals surface area contributed by atoms with Gasteiger partial charge in [0.15, 0.2) is 0 Å². The molecule has 1 aliphatic heterocycles. The summed E-state index contributed by atoms with van der Waals surface area (Å²) in [5, 5.41) is 4.03. The van der Waals surface area contributed by atoms with E-state index in [2.05, 4.69) is 20.8 Å². The summed E-state index contributed by atoms with van der Waals surface area (Å²) in [6, 6.07) is 10.0. The van der Waals surface area contributed by atoms with Gasteiger partial charge in [0.05, 0.1) is 23.9 Å². The molecule has 2 aromatic carbocycles. The van der Waals surface area contributed by atoms with Gasteiger partial charge in [-0.1, -0.05) is 26.0 Å². The number of ether oxygens (including phenoxy) is 1. The molecular formula is C18H22N2O2. The van der Waals surface area contributed by atoms with Crippen molar-refractivity contribution < 1.29 is 9.53 Å². The third kappa shape index (κ3) is 1.98. The molecule has 116 valence electrons. The van der Waals surface area contributed by atoms with Gasteiger partial charge in [0.25, 0.3) is 0 Å². The molecule has 3 rings (SSSR count). The largest absolute Gasteiger partial charge is 0.462 e. The summed E-state index contributed by atoms with van der Waals surface area (Å²) in [7, 11) is 0. The van der Waals surface area contributed by atoms with E-state index in [0.29, 0.717) is 12.2 Å². The number of rotatable bonds is 2. The number of carbonyl (C=O) groups excluding carboxylic acids is 1. The van der Waals surface area contributed by atoms with E-state index in [-0.39, 0.29) is 17.4 Å². The maximum atomic E-state index is 11.9. The predicted octanol–water partition coefficient (Wildman–Crippen LogP) is 3.38. The lowest BCUT2D eigenvalue weighted by molar-refractivity contribution is 0.0526. The number of hydrogen-bond acceptors (Lipinski definition) is 4. The number of nitrogens with two attached hydrogens (primary N) is 1. The number of hydrazine groups is 1. The zero-order valence-corrected chi connectivity index (χ0v) is 13.5. The van der Waals surface area contributed by atoms with Crippen LogP contribution in [0.3, 0.4) is 0 Å². The molecule has 0 bridgehead atoms. The molecule has 1 atom stereocenters. The fourth-order valence-electron chi connectivity index (χ4n) is 3.32. The lowest BCUT2D eigenvalue weighted by Crippen LogP contribution is -2.43. The number of benzene rings is 2. The summed E-state index contributed by atoms with van der Waals surface area (Å²) in [6.45, 7) is 8.75. The zero-order chi connectivity index (χ0) is 16.1. The molecule has 0 spiro atoms. The van der Waals surface area contributed by atoms with Crippen LogP contribution in [0, 0.1) is 0 Å². The quantitative estimate of drug-likeness (QED) is 0.682. The van der Waals surface area contributed by atoms with Gasteiger partial charge in [0.1, 0.15) is 0 Å². The van der Waals surface area contributed by atoms with E-state index in [9.17, 15) is 4.79 Å². The molecule has 0 aliphatic carbocycles. The van der Waals surface area contributed by atoms with Crippen LogP contribution in [-0.4, -0.2) is 18.6 Å². The van der Waals surface area contributed by atoms with Crippen LogP contribution in [0.1, 0.15) is 43.6 Å². The summed E-state index contributed by atoms with van der Waals surface area (Å²) in [6.07, 6.45) is 0. The Labute approximate surface area is 130 Å². The fourth-order valence-corrected chi connectivity index (χ4v) is 3.32. The van der Waals surface area contributed by atoms with Crippen molar-refractivity contribution in [1.82, 2.24) is 0 Å². The molecule has 0 aromatic heterocycles. The van der Waals surface area contributed by atoms with Gasteiger partial charge in [-0.2, -0.15) is 0 Å². The second kappa shape index (κ2) is 4.99. The molecule has 0 amide bonds. The number of fused-ring (bicyclic) bond motifs is 3. The van der Waals surface area contributed by atoms with Gasteiger partial charge in [-0.25, -0.2) is 10.6 Å². The molecule has 0 saturated carbocycles. The van der Waals surface area contributed by atoms with Crippen LogP contribution in [0.2, 0.25) is 0 Å². The molecule has 22 heavy (non-hydrogen) atoms. The monoisotopic (exact) mass is 298 g/mol. The molecular weight excluding hydrogens is 276 g/mol.